The van der Waals surface area contributed by atoms with Crippen LogP contribution in [0.15, 0.2) is 24.3 Å². The Morgan fingerprint density at radius 2 is 1.86 bits per heavy atom. The molecule has 0 spiro atoms. The van der Waals surface area contributed by atoms with Crippen LogP contribution < -0.4 is 0 Å². The lowest BCUT2D eigenvalue weighted by Crippen LogP contribution is -2.54. The lowest BCUT2D eigenvalue weighted by atomic mass is 10.1. The molecule has 8 nitrogen and oxygen atoms in total. The third-order valence-electron chi connectivity index (χ3n) is 4.75. The number of likely N-dealkylation sites (N-methyl/N-ethyl adjacent to an activating group) is 1. The predicted molar refractivity (Wildman–Crippen MR) is 94.8 cm³/mol. The highest BCUT2D eigenvalue weighted by Gasteiger charge is 2.31. The van der Waals surface area contributed by atoms with Crippen LogP contribution in [0.5, 0.6) is 0 Å². The number of alkyl halides is 3. The maximum Gasteiger partial charge on any atom is 0.416 e. The monoisotopic (exact) mass is 400 g/mol. The minimum atomic E-state index is -4.40. The summed E-state index contributed by atoms with van der Waals surface area (Å²) in [6.45, 7) is 6.26. The van der Waals surface area contributed by atoms with Gasteiger partial charge in [0, 0.05) is 25.2 Å². The first kappa shape index (κ1) is 21.8. The molecular formula is C17H23F3N6O2. The van der Waals surface area contributed by atoms with Crippen molar-refractivity contribution in [1.82, 2.24) is 30.0 Å². The van der Waals surface area contributed by atoms with Crippen molar-refractivity contribution in [1.29, 1.82) is 0 Å². The number of hydrogen-bond donors (Lipinski definition) is 1. The first-order valence-electron chi connectivity index (χ1n) is 8.64. The Kier molecular flexibility index (Phi) is 7.08. The molecule has 11 heteroatoms. The molecule has 154 valence electrons. The predicted octanol–water partition coefficient (Wildman–Crippen LogP) is 1.91. The molecule has 1 aromatic heterocycles. The number of halogens is 3. The summed E-state index contributed by atoms with van der Waals surface area (Å²) >= 11 is 0. The number of rotatable bonds is 3. The number of benzene rings is 1. The third-order valence-corrected chi connectivity index (χ3v) is 4.75. The van der Waals surface area contributed by atoms with Crippen LogP contribution in [0.25, 0.3) is 5.69 Å². The van der Waals surface area contributed by atoms with E-state index in [-0.39, 0.29) is 6.47 Å². The maximum atomic E-state index is 12.9. The van der Waals surface area contributed by atoms with Crippen molar-refractivity contribution in [2.75, 3.05) is 20.1 Å². The molecule has 1 N–H and O–H groups in total. The Bertz CT molecular complexity index is 770. The number of nitrogens with zero attached hydrogens (tertiary/aromatic N) is 6. The van der Waals surface area contributed by atoms with Crippen LogP contribution in [-0.2, 0) is 17.5 Å². The fourth-order valence-electron chi connectivity index (χ4n) is 3.16. The van der Waals surface area contributed by atoms with Crippen LogP contribution >= 0.6 is 0 Å². The number of tetrazole rings is 1. The highest BCUT2D eigenvalue weighted by Crippen LogP contribution is 2.30. The van der Waals surface area contributed by atoms with E-state index in [4.69, 9.17) is 9.90 Å². The van der Waals surface area contributed by atoms with Crippen molar-refractivity contribution in [3.05, 3.63) is 35.7 Å². The molecule has 2 unspecified atom stereocenters. The van der Waals surface area contributed by atoms with Gasteiger partial charge in [-0.25, -0.2) is 0 Å². The molecule has 0 radical (unpaired) electrons. The highest BCUT2D eigenvalue weighted by molar-refractivity contribution is 5.36. The number of aromatic nitrogens is 4. The summed E-state index contributed by atoms with van der Waals surface area (Å²) < 4.78 is 40.2. The van der Waals surface area contributed by atoms with Gasteiger partial charge in [0.1, 0.15) is 0 Å². The Morgan fingerprint density at radius 3 is 2.43 bits per heavy atom. The van der Waals surface area contributed by atoms with Crippen LogP contribution in [0.3, 0.4) is 0 Å². The van der Waals surface area contributed by atoms with Gasteiger partial charge in [-0.2, -0.15) is 17.9 Å². The second-order valence-electron chi connectivity index (χ2n) is 6.72. The molecule has 2 aromatic rings. The van der Waals surface area contributed by atoms with Gasteiger partial charge in [0.25, 0.3) is 6.47 Å². The van der Waals surface area contributed by atoms with E-state index >= 15 is 0 Å². The first-order valence-corrected chi connectivity index (χ1v) is 8.64. The van der Waals surface area contributed by atoms with Gasteiger partial charge < -0.3 is 5.11 Å². The second-order valence-corrected chi connectivity index (χ2v) is 6.72. The fraction of sp³-hybridized carbons (Fsp3) is 0.529. The van der Waals surface area contributed by atoms with E-state index in [1.165, 1.54) is 10.7 Å². The molecule has 1 fully saturated rings. The van der Waals surface area contributed by atoms with Crippen molar-refractivity contribution in [2.45, 2.75) is 38.7 Å². The molecule has 2 atom stereocenters. The van der Waals surface area contributed by atoms with Gasteiger partial charge in [0.05, 0.1) is 17.8 Å². The normalized spacial score (nSPS) is 21.1. The van der Waals surface area contributed by atoms with Gasteiger partial charge in [-0.05, 0) is 49.5 Å². The molecule has 3 rings (SSSR count). The van der Waals surface area contributed by atoms with Crippen molar-refractivity contribution in [3.8, 4) is 5.69 Å². The summed E-state index contributed by atoms with van der Waals surface area (Å²) in [4.78, 5) is 12.9. The molecule has 0 amide bonds. The van der Waals surface area contributed by atoms with Crippen molar-refractivity contribution >= 4 is 6.47 Å². The van der Waals surface area contributed by atoms with E-state index in [0.29, 0.717) is 30.1 Å². The largest absolute Gasteiger partial charge is 0.483 e. The molecule has 1 aliphatic rings. The summed E-state index contributed by atoms with van der Waals surface area (Å²) in [7, 11) is 2.10. The van der Waals surface area contributed by atoms with Gasteiger partial charge in [-0.15, -0.1) is 5.10 Å². The Labute approximate surface area is 160 Å². The van der Waals surface area contributed by atoms with E-state index in [1.54, 1.807) is 6.07 Å². The van der Waals surface area contributed by atoms with Gasteiger partial charge in [0.2, 0.25) is 0 Å². The van der Waals surface area contributed by atoms with E-state index < -0.39 is 11.7 Å². The van der Waals surface area contributed by atoms with Gasteiger partial charge in [0.15, 0.2) is 5.82 Å². The molecule has 2 heterocycles. The number of carboxylic acid groups (broad SMARTS) is 1. The third kappa shape index (κ3) is 5.26. The van der Waals surface area contributed by atoms with E-state index in [0.717, 1.165) is 25.2 Å². The van der Waals surface area contributed by atoms with Crippen molar-refractivity contribution < 1.29 is 23.1 Å². The highest BCUT2D eigenvalue weighted by atomic mass is 19.4. The second kappa shape index (κ2) is 9.11. The lowest BCUT2D eigenvalue weighted by molar-refractivity contribution is -0.137. The summed E-state index contributed by atoms with van der Waals surface area (Å²) in [5.41, 5.74) is -0.404. The first-order chi connectivity index (χ1) is 13.2. The van der Waals surface area contributed by atoms with Crippen LogP contribution in [0.4, 0.5) is 13.2 Å². The van der Waals surface area contributed by atoms with Gasteiger partial charge >= 0.3 is 6.18 Å². The van der Waals surface area contributed by atoms with Gasteiger partial charge in [-0.1, -0.05) is 6.07 Å². The fourth-order valence-corrected chi connectivity index (χ4v) is 3.16. The smallest absolute Gasteiger partial charge is 0.416 e. The zero-order chi connectivity index (χ0) is 20.9. The quantitative estimate of drug-likeness (QED) is 0.788. The van der Waals surface area contributed by atoms with E-state index in [9.17, 15) is 13.2 Å². The molecule has 0 aliphatic carbocycles. The molecule has 1 aliphatic heterocycles. The zero-order valence-electron chi connectivity index (χ0n) is 15.8. The Hall–Kier alpha value is -2.53. The van der Waals surface area contributed by atoms with Crippen LogP contribution in [0.2, 0.25) is 0 Å². The van der Waals surface area contributed by atoms with Crippen molar-refractivity contribution in [2.24, 2.45) is 0 Å². The van der Waals surface area contributed by atoms with Crippen LogP contribution in [0.1, 0.15) is 25.2 Å². The summed E-state index contributed by atoms with van der Waals surface area (Å²) in [5, 5.41) is 18.4. The average Bonchev–Trinajstić information content (AvgIpc) is 3.08. The summed E-state index contributed by atoms with van der Waals surface area (Å²) in [5.74, 6) is 0.531. The van der Waals surface area contributed by atoms with E-state index in [1.807, 2.05) is 0 Å². The topological polar surface area (TPSA) is 87.4 Å². The molecule has 0 bridgehead atoms. The average molecular weight is 400 g/mol. The number of hydrogen-bond acceptors (Lipinski definition) is 6. The minimum Gasteiger partial charge on any atom is -0.483 e. The molecule has 1 aromatic carbocycles. The van der Waals surface area contributed by atoms with Crippen molar-refractivity contribution in [3.63, 3.8) is 0 Å². The maximum absolute atomic E-state index is 12.9. The standard InChI is InChI=1S/C16H21F3N6.CH2O2/c1-11-8-24(9-12(2)23(11)3)10-15-20-21-22-25(15)14-6-4-5-13(7-14)16(17,18)19;2-1-3/h4-7,11-12H,8-10H2,1-3H3;1H,(H,2,3). The summed E-state index contributed by atoms with van der Waals surface area (Å²) in [6, 6.07) is 5.82. The Balaban J connectivity index is 0.000000878. The minimum absolute atomic E-state index is 0.250. The summed E-state index contributed by atoms with van der Waals surface area (Å²) in [6.07, 6.45) is -4.40. The van der Waals surface area contributed by atoms with Crippen LogP contribution in [-0.4, -0.2) is 73.8 Å². The zero-order valence-corrected chi connectivity index (χ0v) is 15.8. The molecule has 28 heavy (non-hydrogen) atoms. The van der Waals surface area contributed by atoms with Crippen LogP contribution in [0, 0.1) is 0 Å². The molecular weight excluding hydrogens is 377 g/mol. The number of piperazine rings is 1. The molecule has 1 saturated heterocycles. The van der Waals surface area contributed by atoms with Gasteiger partial charge in [-0.3, -0.25) is 14.6 Å². The molecule has 0 saturated carbocycles. The number of carbonyl (C=O) groups is 1. The van der Waals surface area contributed by atoms with E-state index in [2.05, 4.69) is 46.2 Å². The lowest BCUT2D eigenvalue weighted by Gasteiger charge is -2.42. The SMILES string of the molecule is CC1CN(Cc2nnnn2-c2cccc(C(F)(F)F)c2)CC(C)N1C.O=CO. The Morgan fingerprint density at radius 1 is 1.25 bits per heavy atom.